The molecule has 1 aliphatic heterocycles. The second kappa shape index (κ2) is 6.66. The number of anilines is 2. The monoisotopic (exact) mass is 341 g/mol. The second-order valence-corrected chi connectivity index (χ2v) is 6.44. The molecule has 0 spiro atoms. The van der Waals surface area contributed by atoms with E-state index in [0.29, 0.717) is 49.4 Å². The largest absolute Gasteiger partial charge is 0.366 e. The van der Waals surface area contributed by atoms with Crippen LogP contribution in [0.15, 0.2) is 36.7 Å². The van der Waals surface area contributed by atoms with Crippen LogP contribution < -0.4 is 10.2 Å². The molecule has 1 aromatic heterocycles. The predicted molar refractivity (Wildman–Crippen MR) is 93.2 cm³/mol. The van der Waals surface area contributed by atoms with Crippen LogP contribution in [0.1, 0.15) is 23.2 Å². The van der Waals surface area contributed by atoms with Crippen molar-refractivity contribution in [2.45, 2.75) is 18.9 Å². The number of rotatable bonds is 4. The van der Waals surface area contributed by atoms with Crippen molar-refractivity contribution >= 4 is 17.5 Å². The third-order valence-corrected chi connectivity index (χ3v) is 4.57. The third-order valence-electron chi connectivity index (χ3n) is 4.57. The molecule has 25 heavy (non-hydrogen) atoms. The van der Waals surface area contributed by atoms with Gasteiger partial charge >= 0.3 is 0 Å². The second-order valence-electron chi connectivity index (χ2n) is 6.44. The van der Waals surface area contributed by atoms with E-state index in [1.807, 2.05) is 11.0 Å². The summed E-state index contributed by atoms with van der Waals surface area (Å²) in [7, 11) is 0. The predicted octanol–water partition coefficient (Wildman–Crippen LogP) is 2.15. The number of carbonyl (C=O) groups excluding carboxylic acids is 1. The minimum absolute atomic E-state index is 0.0776. The standard InChI is InChI=1S/C18H20FN5O/c19-15-3-1-2-4-16(15)23-7-9-24(10-8-23)17(25)13-11-20-18(21-12-13)22-14-5-6-14/h1-4,11-12,14H,5-10H2,(H,20,21,22). The van der Waals surface area contributed by atoms with Crippen LogP contribution in [0, 0.1) is 5.82 Å². The Morgan fingerprint density at radius 1 is 1.08 bits per heavy atom. The number of hydrogen-bond donors (Lipinski definition) is 1. The van der Waals surface area contributed by atoms with Crippen molar-refractivity contribution in [3.63, 3.8) is 0 Å². The first kappa shape index (κ1) is 15.8. The van der Waals surface area contributed by atoms with Crippen molar-refractivity contribution in [3.8, 4) is 0 Å². The zero-order valence-corrected chi connectivity index (χ0v) is 13.9. The maximum atomic E-state index is 13.9. The zero-order valence-electron chi connectivity index (χ0n) is 13.9. The van der Waals surface area contributed by atoms with Gasteiger partial charge in [-0.1, -0.05) is 12.1 Å². The smallest absolute Gasteiger partial charge is 0.257 e. The first-order chi connectivity index (χ1) is 12.2. The molecule has 2 heterocycles. The van der Waals surface area contributed by atoms with Gasteiger partial charge in [0, 0.05) is 44.6 Å². The normalized spacial score (nSPS) is 17.5. The Hall–Kier alpha value is -2.70. The number of piperazine rings is 1. The lowest BCUT2D eigenvalue weighted by molar-refractivity contribution is 0.0746. The Labute approximate surface area is 145 Å². The van der Waals surface area contributed by atoms with E-state index in [1.54, 1.807) is 29.4 Å². The van der Waals surface area contributed by atoms with Crippen molar-refractivity contribution in [3.05, 3.63) is 48.0 Å². The molecule has 1 aliphatic carbocycles. The summed E-state index contributed by atoms with van der Waals surface area (Å²) < 4.78 is 13.9. The fourth-order valence-electron chi connectivity index (χ4n) is 2.96. The Morgan fingerprint density at radius 3 is 2.40 bits per heavy atom. The lowest BCUT2D eigenvalue weighted by atomic mass is 10.2. The van der Waals surface area contributed by atoms with Crippen LogP contribution in [0.4, 0.5) is 16.0 Å². The van der Waals surface area contributed by atoms with Gasteiger partial charge in [0.25, 0.3) is 5.91 Å². The van der Waals surface area contributed by atoms with Crippen molar-refractivity contribution < 1.29 is 9.18 Å². The molecule has 6 nitrogen and oxygen atoms in total. The molecule has 0 radical (unpaired) electrons. The molecule has 1 saturated carbocycles. The Bertz CT molecular complexity index is 754. The average Bonchev–Trinajstić information content (AvgIpc) is 3.46. The van der Waals surface area contributed by atoms with Crippen molar-refractivity contribution in [1.29, 1.82) is 0 Å². The van der Waals surface area contributed by atoms with Gasteiger partial charge in [0.1, 0.15) is 5.82 Å². The summed E-state index contributed by atoms with van der Waals surface area (Å²) in [6, 6.07) is 7.21. The first-order valence-electron chi connectivity index (χ1n) is 8.58. The van der Waals surface area contributed by atoms with Crippen LogP contribution in [0.3, 0.4) is 0 Å². The molecule has 0 bridgehead atoms. The maximum Gasteiger partial charge on any atom is 0.257 e. The highest BCUT2D eigenvalue weighted by molar-refractivity contribution is 5.93. The molecule has 2 aromatic rings. The van der Waals surface area contributed by atoms with Crippen molar-refractivity contribution in [1.82, 2.24) is 14.9 Å². The van der Waals surface area contributed by atoms with E-state index >= 15 is 0 Å². The molecule has 1 N–H and O–H groups in total. The number of benzene rings is 1. The van der Waals surface area contributed by atoms with Gasteiger partial charge < -0.3 is 15.1 Å². The van der Waals surface area contributed by atoms with Gasteiger partial charge in [-0.2, -0.15) is 0 Å². The minimum atomic E-state index is -0.227. The molecule has 4 rings (SSSR count). The summed E-state index contributed by atoms with van der Waals surface area (Å²) >= 11 is 0. The number of aromatic nitrogens is 2. The third kappa shape index (κ3) is 3.55. The summed E-state index contributed by atoms with van der Waals surface area (Å²) in [6.07, 6.45) is 5.44. The van der Waals surface area contributed by atoms with Crippen LogP contribution in [-0.4, -0.2) is 53.0 Å². The highest BCUT2D eigenvalue weighted by Crippen LogP contribution is 2.23. The Kier molecular flexibility index (Phi) is 4.21. The van der Waals surface area contributed by atoms with E-state index in [2.05, 4.69) is 15.3 Å². The van der Waals surface area contributed by atoms with E-state index in [1.165, 1.54) is 6.07 Å². The molecule has 130 valence electrons. The van der Waals surface area contributed by atoms with Crippen molar-refractivity contribution in [2.24, 2.45) is 0 Å². The molecule has 1 aromatic carbocycles. The van der Waals surface area contributed by atoms with Gasteiger partial charge in [-0.3, -0.25) is 4.79 Å². The van der Waals surface area contributed by atoms with Gasteiger partial charge in [-0.25, -0.2) is 14.4 Å². The Morgan fingerprint density at radius 2 is 1.76 bits per heavy atom. The molecule has 1 amide bonds. The quantitative estimate of drug-likeness (QED) is 0.923. The molecule has 0 unspecified atom stereocenters. The van der Waals surface area contributed by atoms with Crippen LogP contribution >= 0.6 is 0 Å². The van der Waals surface area contributed by atoms with E-state index in [9.17, 15) is 9.18 Å². The number of carbonyl (C=O) groups is 1. The number of nitrogens with one attached hydrogen (secondary N) is 1. The highest BCUT2D eigenvalue weighted by atomic mass is 19.1. The van der Waals surface area contributed by atoms with Gasteiger partial charge in [0.05, 0.1) is 11.3 Å². The van der Waals surface area contributed by atoms with Gasteiger partial charge in [0.15, 0.2) is 0 Å². The van der Waals surface area contributed by atoms with Gasteiger partial charge in [0.2, 0.25) is 5.95 Å². The number of hydrogen-bond acceptors (Lipinski definition) is 5. The van der Waals surface area contributed by atoms with Crippen molar-refractivity contribution in [2.75, 3.05) is 36.4 Å². The van der Waals surface area contributed by atoms with Crippen LogP contribution in [0.25, 0.3) is 0 Å². The van der Waals surface area contributed by atoms with Gasteiger partial charge in [-0.05, 0) is 25.0 Å². The molecule has 7 heteroatoms. The highest BCUT2D eigenvalue weighted by Gasteiger charge is 2.25. The summed E-state index contributed by atoms with van der Waals surface area (Å²) in [5.74, 6) is 0.268. The zero-order chi connectivity index (χ0) is 17.2. The molecule has 0 atom stereocenters. The lowest BCUT2D eigenvalue weighted by Crippen LogP contribution is -2.49. The van der Waals surface area contributed by atoms with Crippen LogP contribution in [0.2, 0.25) is 0 Å². The van der Waals surface area contributed by atoms with E-state index < -0.39 is 0 Å². The van der Waals surface area contributed by atoms with E-state index in [-0.39, 0.29) is 11.7 Å². The fraction of sp³-hybridized carbons (Fsp3) is 0.389. The molecule has 1 saturated heterocycles. The Balaban J connectivity index is 1.36. The SMILES string of the molecule is O=C(c1cnc(NC2CC2)nc1)N1CCN(c2ccccc2F)CC1. The summed E-state index contributed by atoms with van der Waals surface area (Å²) in [5.41, 5.74) is 1.08. The molecular formula is C18H20FN5O. The minimum Gasteiger partial charge on any atom is -0.366 e. The van der Waals surface area contributed by atoms with E-state index in [4.69, 9.17) is 0 Å². The van der Waals surface area contributed by atoms with E-state index in [0.717, 1.165) is 12.8 Å². The number of para-hydroxylation sites is 1. The number of amides is 1. The lowest BCUT2D eigenvalue weighted by Gasteiger charge is -2.36. The van der Waals surface area contributed by atoms with Gasteiger partial charge in [-0.15, -0.1) is 0 Å². The average molecular weight is 341 g/mol. The van der Waals surface area contributed by atoms with Crippen LogP contribution in [-0.2, 0) is 0 Å². The summed E-state index contributed by atoms with van der Waals surface area (Å²) in [6.45, 7) is 2.31. The number of halogens is 1. The molecular weight excluding hydrogens is 321 g/mol. The number of nitrogens with zero attached hydrogens (tertiary/aromatic N) is 4. The van der Waals surface area contributed by atoms with Crippen LogP contribution in [0.5, 0.6) is 0 Å². The molecule has 2 fully saturated rings. The maximum absolute atomic E-state index is 13.9. The fourth-order valence-corrected chi connectivity index (χ4v) is 2.96. The summed E-state index contributed by atoms with van der Waals surface area (Å²) in [5, 5.41) is 3.20. The molecule has 2 aliphatic rings. The summed E-state index contributed by atoms with van der Waals surface area (Å²) in [4.78, 5) is 24.8. The topological polar surface area (TPSA) is 61.4 Å². The first-order valence-corrected chi connectivity index (χ1v) is 8.58.